The van der Waals surface area contributed by atoms with Crippen molar-refractivity contribution in [3.63, 3.8) is 0 Å². The number of benzene rings is 3. The van der Waals surface area contributed by atoms with E-state index in [1.807, 2.05) is 66.7 Å². The standard InChI is InChI=1S/C30H33N3O6/c1-21(18-31-29(34)35)23-10-11-24(27(16-23)38-3)19-32-14-7-15-33(30(32)36)25-12-13-26(37-2)28(17-25)39-20-22-8-5-4-6-9-22/h4-6,8-13,16-17,31H,1,7,14-15,18-20H2,2-3H3,(H,34,35). The molecule has 1 fully saturated rings. The van der Waals surface area contributed by atoms with Crippen molar-refractivity contribution < 1.29 is 28.9 Å². The second kappa shape index (κ2) is 12.7. The van der Waals surface area contributed by atoms with Crippen molar-refractivity contribution in [2.24, 2.45) is 0 Å². The lowest BCUT2D eigenvalue weighted by molar-refractivity contribution is 0.191. The number of hydrogen-bond donors (Lipinski definition) is 2. The Labute approximate surface area is 228 Å². The molecule has 0 aliphatic carbocycles. The molecule has 9 nitrogen and oxygen atoms in total. The van der Waals surface area contributed by atoms with Crippen molar-refractivity contribution in [1.29, 1.82) is 0 Å². The van der Waals surface area contributed by atoms with Gasteiger partial charge in [0.05, 0.1) is 20.8 Å². The van der Waals surface area contributed by atoms with Crippen LogP contribution in [0.15, 0.2) is 73.3 Å². The first kappa shape index (κ1) is 27.4. The number of anilines is 1. The minimum absolute atomic E-state index is 0.107. The predicted octanol–water partition coefficient (Wildman–Crippen LogP) is 5.40. The maximum atomic E-state index is 13.6. The van der Waals surface area contributed by atoms with Gasteiger partial charge in [0.2, 0.25) is 0 Å². The van der Waals surface area contributed by atoms with Gasteiger partial charge in [0.25, 0.3) is 0 Å². The number of rotatable bonds is 11. The second-order valence-electron chi connectivity index (χ2n) is 9.11. The molecule has 0 spiro atoms. The average Bonchev–Trinajstić information content (AvgIpc) is 2.96. The Bertz CT molecular complexity index is 1330. The summed E-state index contributed by atoms with van der Waals surface area (Å²) >= 11 is 0. The van der Waals surface area contributed by atoms with E-state index in [-0.39, 0.29) is 12.6 Å². The molecule has 3 aromatic rings. The van der Waals surface area contributed by atoms with Crippen molar-refractivity contribution >= 4 is 23.4 Å². The van der Waals surface area contributed by atoms with Gasteiger partial charge in [-0.05, 0) is 41.3 Å². The molecular weight excluding hydrogens is 498 g/mol. The smallest absolute Gasteiger partial charge is 0.404 e. The zero-order chi connectivity index (χ0) is 27.8. The molecule has 0 atom stereocenters. The first-order valence-electron chi connectivity index (χ1n) is 12.6. The third kappa shape index (κ3) is 6.81. The topological polar surface area (TPSA) is 101 Å². The van der Waals surface area contributed by atoms with E-state index in [1.165, 1.54) is 0 Å². The largest absolute Gasteiger partial charge is 0.496 e. The summed E-state index contributed by atoms with van der Waals surface area (Å²) in [4.78, 5) is 27.9. The van der Waals surface area contributed by atoms with Crippen LogP contribution in [0.1, 0.15) is 23.1 Å². The molecule has 1 aliphatic rings. The minimum atomic E-state index is -1.11. The predicted molar refractivity (Wildman–Crippen MR) is 150 cm³/mol. The highest BCUT2D eigenvalue weighted by atomic mass is 16.5. The maximum absolute atomic E-state index is 13.6. The molecule has 0 unspecified atom stereocenters. The van der Waals surface area contributed by atoms with Crippen LogP contribution in [0.25, 0.3) is 5.57 Å². The fourth-order valence-electron chi connectivity index (χ4n) is 4.43. The van der Waals surface area contributed by atoms with Crippen LogP contribution in [0.2, 0.25) is 0 Å². The Balaban J connectivity index is 1.48. The number of carboxylic acid groups (broad SMARTS) is 1. The lowest BCUT2D eigenvalue weighted by Gasteiger charge is -2.36. The number of methoxy groups -OCH3 is 2. The zero-order valence-corrected chi connectivity index (χ0v) is 22.2. The number of ether oxygens (including phenoxy) is 3. The number of urea groups is 1. The molecule has 1 heterocycles. The summed E-state index contributed by atoms with van der Waals surface area (Å²) in [5, 5.41) is 11.2. The summed E-state index contributed by atoms with van der Waals surface area (Å²) < 4.78 is 17.1. The van der Waals surface area contributed by atoms with E-state index in [9.17, 15) is 9.59 Å². The van der Waals surface area contributed by atoms with E-state index in [4.69, 9.17) is 19.3 Å². The molecule has 39 heavy (non-hydrogen) atoms. The van der Waals surface area contributed by atoms with Crippen molar-refractivity contribution in [2.45, 2.75) is 19.6 Å². The third-order valence-corrected chi connectivity index (χ3v) is 6.52. The third-order valence-electron chi connectivity index (χ3n) is 6.52. The molecule has 3 aromatic carbocycles. The van der Waals surface area contributed by atoms with Crippen LogP contribution in [-0.2, 0) is 13.2 Å². The number of carbonyl (C=O) groups excluding carboxylic acids is 1. The molecular formula is C30H33N3O6. The minimum Gasteiger partial charge on any atom is -0.496 e. The normalized spacial score (nSPS) is 13.1. The first-order chi connectivity index (χ1) is 18.9. The SMILES string of the molecule is C=C(CNC(=O)O)c1ccc(CN2CCCN(c3ccc(OC)c(OCc4ccccc4)c3)C2=O)c(OC)c1. The van der Waals surface area contributed by atoms with Crippen LogP contribution < -0.4 is 24.4 Å². The molecule has 204 valence electrons. The van der Waals surface area contributed by atoms with Crippen LogP contribution in [0.4, 0.5) is 15.3 Å². The van der Waals surface area contributed by atoms with Crippen LogP contribution in [0.3, 0.4) is 0 Å². The highest BCUT2D eigenvalue weighted by Gasteiger charge is 2.28. The molecule has 0 radical (unpaired) electrons. The van der Waals surface area contributed by atoms with Crippen molar-refractivity contribution in [1.82, 2.24) is 10.2 Å². The van der Waals surface area contributed by atoms with Gasteiger partial charge in [0.1, 0.15) is 12.4 Å². The molecule has 2 N–H and O–H groups in total. The molecule has 3 amide bonds. The first-order valence-corrected chi connectivity index (χ1v) is 12.6. The van der Waals surface area contributed by atoms with E-state index < -0.39 is 6.09 Å². The van der Waals surface area contributed by atoms with Gasteiger partial charge in [-0.2, -0.15) is 0 Å². The number of amides is 3. The van der Waals surface area contributed by atoms with Crippen LogP contribution >= 0.6 is 0 Å². The Hall–Kier alpha value is -4.66. The highest BCUT2D eigenvalue weighted by molar-refractivity contribution is 5.93. The number of nitrogens with one attached hydrogen (secondary N) is 1. The van der Waals surface area contributed by atoms with E-state index in [0.717, 1.165) is 28.8 Å². The van der Waals surface area contributed by atoms with Gasteiger partial charge in [0.15, 0.2) is 11.5 Å². The summed E-state index contributed by atoms with van der Waals surface area (Å²) in [7, 11) is 3.16. The summed E-state index contributed by atoms with van der Waals surface area (Å²) in [5.41, 5.74) is 3.99. The second-order valence-corrected chi connectivity index (χ2v) is 9.11. The monoisotopic (exact) mass is 531 g/mol. The van der Waals surface area contributed by atoms with Crippen LogP contribution in [0.5, 0.6) is 17.2 Å². The highest BCUT2D eigenvalue weighted by Crippen LogP contribution is 2.34. The van der Waals surface area contributed by atoms with Crippen LogP contribution in [-0.4, -0.2) is 56.0 Å². The van der Waals surface area contributed by atoms with E-state index in [2.05, 4.69) is 11.9 Å². The average molecular weight is 532 g/mol. The summed E-state index contributed by atoms with van der Waals surface area (Å²) in [5.74, 6) is 1.77. The van der Waals surface area contributed by atoms with Gasteiger partial charge >= 0.3 is 12.1 Å². The Morgan fingerprint density at radius 2 is 1.74 bits per heavy atom. The number of hydrogen-bond acceptors (Lipinski definition) is 5. The van der Waals surface area contributed by atoms with Gasteiger partial charge < -0.3 is 29.5 Å². The molecule has 0 bridgehead atoms. The fraction of sp³-hybridized carbons (Fsp3) is 0.267. The molecule has 1 aliphatic heterocycles. The quantitative estimate of drug-likeness (QED) is 0.344. The van der Waals surface area contributed by atoms with Crippen molar-refractivity contribution in [2.75, 3.05) is 38.8 Å². The van der Waals surface area contributed by atoms with Crippen molar-refractivity contribution in [3.05, 3.63) is 90.0 Å². The van der Waals surface area contributed by atoms with Gasteiger partial charge in [0, 0.05) is 37.0 Å². The number of nitrogens with zero attached hydrogens (tertiary/aromatic N) is 2. The number of carbonyl (C=O) groups is 2. The van der Waals surface area contributed by atoms with Gasteiger partial charge in [-0.15, -0.1) is 0 Å². The summed E-state index contributed by atoms with van der Waals surface area (Å²) in [6.45, 7) is 6.01. The summed E-state index contributed by atoms with van der Waals surface area (Å²) in [6, 6.07) is 20.8. The zero-order valence-electron chi connectivity index (χ0n) is 22.2. The Morgan fingerprint density at radius 1 is 0.974 bits per heavy atom. The Kier molecular flexibility index (Phi) is 8.94. The van der Waals surface area contributed by atoms with E-state index in [0.29, 0.717) is 49.1 Å². The van der Waals surface area contributed by atoms with Crippen LogP contribution in [0, 0.1) is 0 Å². The van der Waals surface area contributed by atoms with E-state index in [1.54, 1.807) is 24.0 Å². The lowest BCUT2D eigenvalue weighted by Crippen LogP contribution is -2.49. The molecule has 0 aromatic heterocycles. The lowest BCUT2D eigenvalue weighted by atomic mass is 10.0. The van der Waals surface area contributed by atoms with Gasteiger partial charge in [-0.25, -0.2) is 9.59 Å². The van der Waals surface area contributed by atoms with Gasteiger partial charge in [-0.1, -0.05) is 49.0 Å². The maximum Gasteiger partial charge on any atom is 0.404 e. The summed E-state index contributed by atoms with van der Waals surface area (Å²) in [6.07, 6.45) is -0.310. The van der Waals surface area contributed by atoms with E-state index >= 15 is 0 Å². The molecule has 0 saturated carbocycles. The van der Waals surface area contributed by atoms with Crippen molar-refractivity contribution in [3.8, 4) is 17.2 Å². The molecule has 1 saturated heterocycles. The molecule has 9 heteroatoms. The Morgan fingerprint density at radius 3 is 2.46 bits per heavy atom. The fourth-order valence-corrected chi connectivity index (χ4v) is 4.43. The molecule has 4 rings (SSSR count). The van der Waals surface area contributed by atoms with Gasteiger partial charge in [-0.3, -0.25) is 4.90 Å².